The molecule has 0 saturated carbocycles. The molecule has 2 heterocycles. The smallest absolute Gasteiger partial charge is 0.338 e. The van der Waals surface area contributed by atoms with E-state index in [1.165, 1.54) is 24.3 Å². The zero-order chi connectivity index (χ0) is 23.8. The Hall–Kier alpha value is -1.71. The van der Waals surface area contributed by atoms with Crippen LogP contribution in [0.25, 0.3) is 0 Å². The average Bonchev–Trinajstić information content (AvgIpc) is 2.81. The topological polar surface area (TPSA) is 207 Å². The average molecular weight is 460 g/mol. The number of hydrogen-bond donors (Lipinski definition) is 8. The number of aliphatic hydroxyl groups excluding tert-OH is 6. The van der Waals surface area contributed by atoms with E-state index < -0.39 is 79.7 Å². The summed E-state index contributed by atoms with van der Waals surface area (Å²) in [6.45, 7) is -2.39. The number of carbonyl (C=O) groups is 1. The second-order valence-corrected chi connectivity index (χ2v) is 7.97. The Labute approximate surface area is 182 Å². The largest absolute Gasteiger partial charge is 0.465 e. The van der Waals surface area contributed by atoms with Gasteiger partial charge in [0.1, 0.15) is 42.7 Å². The van der Waals surface area contributed by atoms with E-state index in [2.05, 4.69) is 0 Å². The minimum Gasteiger partial charge on any atom is -0.465 e. The molecule has 0 aliphatic carbocycles. The van der Waals surface area contributed by atoms with Crippen LogP contribution in [-0.2, 0) is 14.2 Å². The molecule has 0 aromatic heterocycles. The molecule has 0 unspecified atom stereocenters. The molecule has 12 nitrogen and oxygen atoms in total. The second kappa shape index (κ2) is 9.27. The van der Waals surface area contributed by atoms with Gasteiger partial charge in [-0.25, -0.2) is 4.79 Å². The van der Waals surface area contributed by atoms with Crippen molar-refractivity contribution in [1.29, 1.82) is 0 Å². The number of aliphatic hydroxyl groups is 8. The summed E-state index contributed by atoms with van der Waals surface area (Å²) < 4.78 is 15.6. The number of carbonyl (C=O) groups excluding carboxylic acids is 1. The maximum Gasteiger partial charge on any atom is 0.338 e. The van der Waals surface area contributed by atoms with Gasteiger partial charge in [0, 0.05) is 0 Å². The van der Waals surface area contributed by atoms with E-state index in [-0.39, 0.29) is 11.1 Å². The summed E-state index contributed by atoms with van der Waals surface area (Å²) in [5.74, 6) is -0.847. The number of rotatable bonds is 5. The van der Waals surface area contributed by atoms with Crippen LogP contribution in [0.1, 0.15) is 22.0 Å². The first kappa shape index (κ1) is 24.9. The molecule has 1 aromatic rings. The summed E-state index contributed by atoms with van der Waals surface area (Å²) >= 11 is 0. The number of esters is 1. The Morgan fingerprint density at radius 3 is 2.22 bits per heavy atom. The van der Waals surface area contributed by atoms with Crippen LogP contribution in [0.4, 0.5) is 0 Å². The molecule has 180 valence electrons. The zero-order valence-corrected chi connectivity index (χ0v) is 17.2. The molecule has 0 bridgehead atoms. The van der Waals surface area contributed by atoms with Crippen molar-refractivity contribution in [2.45, 2.75) is 53.9 Å². The lowest BCUT2D eigenvalue weighted by Crippen LogP contribution is -2.80. The molecule has 0 radical (unpaired) electrons. The van der Waals surface area contributed by atoms with Gasteiger partial charge in [-0.15, -0.1) is 0 Å². The summed E-state index contributed by atoms with van der Waals surface area (Å²) in [7, 11) is 1.11. The molecule has 8 N–H and O–H groups in total. The van der Waals surface area contributed by atoms with E-state index in [9.17, 15) is 45.6 Å². The van der Waals surface area contributed by atoms with Crippen molar-refractivity contribution < 1.29 is 59.9 Å². The minimum atomic E-state index is -2.97. The summed E-state index contributed by atoms with van der Waals surface area (Å²) in [4.78, 5) is 12.3. The highest BCUT2D eigenvalue weighted by atomic mass is 16.6. The van der Waals surface area contributed by atoms with Crippen LogP contribution in [0.15, 0.2) is 24.3 Å². The third-order valence-corrected chi connectivity index (χ3v) is 6.28. The molecular weight excluding hydrogens is 432 g/mol. The van der Waals surface area contributed by atoms with Gasteiger partial charge in [-0.2, -0.15) is 0 Å². The quantitative estimate of drug-likeness (QED) is 0.199. The van der Waals surface area contributed by atoms with Crippen LogP contribution in [0.5, 0.6) is 0 Å². The molecule has 2 aliphatic heterocycles. The standard InChI is InChI=1S/C20H28O12/c1-30-18(27)10-5-3-2-4-9(10)17-20(29,16(26)14(24)12(7-22)32-17)19(28)8-31-11(6-21)13(23)15(19)25/h2-5,11-17,21-26,28-29H,6-8H2,1H3/t11-,12-,13+,14-,15+,16+,17+,19-,20-/m1/s1. The highest BCUT2D eigenvalue weighted by molar-refractivity contribution is 5.91. The maximum absolute atomic E-state index is 12.3. The minimum absolute atomic E-state index is 0.0920. The Morgan fingerprint density at radius 2 is 1.62 bits per heavy atom. The molecule has 12 heteroatoms. The van der Waals surface area contributed by atoms with E-state index in [1.807, 2.05) is 0 Å². The lowest BCUT2D eigenvalue weighted by molar-refractivity contribution is -0.370. The van der Waals surface area contributed by atoms with Crippen molar-refractivity contribution in [2.24, 2.45) is 0 Å². The predicted octanol–water partition coefficient (Wildman–Crippen LogP) is -3.80. The number of hydrogen-bond acceptors (Lipinski definition) is 12. The van der Waals surface area contributed by atoms with Crippen molar-refractivity contribution in [1.82, 2.24) is 0 Å². The van der Waals surface area contributed by atoms with Gasteiger partial charge >= 0.3 is 5.97 Å². The van der Waals surface area contributed by atoms with E-state index in [4.69, 9.17) is 14.2 Å². The number of benzene rings is 1. The van der Waals surface area contributed by atoms with E-state index >= 15 is 0 Å². The van der Waals surface area contributed by atoms with Gasteiger partial charge in [-0.1, -0.05) is 18.2 Å². The monoisotopic (exact) mass is 460 g/mol. The molecule has 0 amide bonds. The third-order valence-electron chi connectivity index (χ3n) is 6.28. The van der Waals surface area contributed by atoms with Crippen LogP contribution >= 0.6 is 0 Å². The summed E-state index contributed by atoms with van der Waals surface area (Å²) in [5, 5.41) is 84.3. The Balaban J connectivity index is 2.19. The molecule has 2 saturated heterocycles. The number of methoxy groups -OCH3 is 1. The Kier molecular flexibility index (Phi) is 7.22. The van der Waals surface area contributed by atoms with Gasteiger partial charge in [0.15, 0.2) is 11.2 Å². The molecule has 9 atom stereocenters. The van der Waals surface area contributed by atoms with Crippen molar-refractivity contribution in [3.8, 4) is 0 Å². The van der Waals surface area contributed by atoms with Crippen molar-refractivity contribution in [3.63, 3.8) is 0 Å². The third kappa shape index (κ3) is 3.62. The highest BCUT2D eigenvalue weighted by Crippen LogP contribution is 2.50. The Bertz CT molecular complexity index is 820. The summed E-state index contributed by atoms with van der Waals surface area (Å²) in [6, 6.07) is 5.60. The van der Waals surface area contributed by atoms with Crippen LogP contribution in [0.3, 0.4) is 0 Å². The van der Waals surface area contributed by atoms with Crippen molar-refractivity contribution >= 4 is 5.97 Å². The number of ether oxygens (including phenoxy) is 3. The van der Waals surface area contributed by atoms with Crippen LogP contribution < -0.4 is 0 Å². The van der Waals surface area contributed by atoms with Gasteiger partial charge < -0.3 is 55.1 Å². The van der Waals surface area contributed by atoms with E-state index in [0.29, 0.717) is 0 Å². The first-order valence-electron chi connectivity index (χ1n) is 9.91. The van der Waals surface area contributed by atoms with Crippen molar-refractivity contribution in [3.05, 3.63) is 35.4 Å². The normalized spacial score (nSPS) is 42.5. The van der Waals surface area contributed by atoms with Gasteiger partial charge in [0.25, 0.3) is 0 Å². The van der Waals surface area contributed by atoms with Crippen LogP contribution in [0.2, 0.25) is 0 Å². The summed E-state index contributed by atoms with van der Waals surface area (Å²) in [6.07, 6.45) is -12.8. The van der Waals surface area contributed by atoms with Gasteiger partial charge in [0.05, 0.1) is 32.5 Å². The Morgan fingerprint density at radius 1 is 1.03 bits per heavy atom. The highest BCUT2D eigenvalue weighted by Gasteiger charge is 2.70. The van der Waals surface area contributed by atoms with Gasteiger partial charge in [-0.3, -0.25) is 0 Å². The van der Waals surface area contributed by atoms with Crippen LogP contribution in [0, 0.1) is 0 Å². The predicted molar refractivity (Wildman–Crippen MR) is 103 cm³/mol. The lowest BCUT2D eigenvalue weighted by Gasteiger charge is -2.58. The molecular formula is C20H28O12. The fourth-order valence-electron chi connectivity index (χ4n) is 4.36. The van der Waals surface area contributed by atoms with Gasteiger partial charge in [-0.05, 0) is 11.6 Å². The first-order valence-corrected chi connectivity index (χ1v) is 9.91. The van der Waals surface area contributed by atoms with E-state index in [0.717, 1.165) is 7.11 Å². The second-order valence-electron chi connectivity index (χ2n) is 7.97. The fraction of sp³-hybridized carbons (Fsp3) is 0.650. The van der Waals surface area contributed by atoms with E-state index in [1.54, 1.807) is 0 Å². The molecule has 2 aliphatic rings. The fourth-order valence-corrected chi connectivity index (χ4v) is 4.36. The molecule has 3 rings (SSSR count). The lowest BCUT2D eigenvalue weighted by atomic mass is 9.64. The SMILES string of the molecule is COC(=O)c1ccccc1[C@@H]1O[C@H](CO)[C@@H](O)[C@H](O)[C@]1(O)[C@@]1(O)CO[C@H](CO)[C@H](O)[C@@H]1O. The molecule has 0 spiro atoms. The van der Waals surface area contributed by atoms with Gasteiger partial charge in [0.2, 0.25) is 0 Å². The first-order chi connectivity index (χ1) is 15.1. The van der Waals surface area contributed by atoms with Crippen molar-refractivity contribution in [2.75, 3.05) is 26.9 Å². The molecule has 32 heavy (non-hydrogen) atoms. The zero-order valence-electron chi connectivity index (χ0n) is 17.2. The van der Waals surface area contributed by atoms with Crippen LogP contribution in [-0.4, -0.2) is 122 Å². The maximum atomic E-state index is 12.3. The molecule has 1 aromatic carbocycles. The summed E-state index contributed by atoms with van der Waals surface area (Å²) in [5.41, 5.74) is -6.04. The molecule has 2 fully saturated rings.